The Morgan fingerprint density at radius 2 is 2.03 bits per heavy atom. The summed E-state index contributed by atoms with van der Waals surface area (Å²) >= 11 is 1.27. The molecule has 6 N–H and O–H groups in total. The summed E-state index contributed by atoms with van der Waals surface area (Å²) in [4.78, 5) is 20.1. The maximum absolute atomic E-state index is 11.8. The van der Waals surface area contributed by atoms with Crippen molar-refractivity contribution in [1.82, 2.24) is 10.3 Å². The van der Waals surface area contributed by atoms with E-state index < -0.39 is 12.0 Å². The van der Waals surface area contributed by atoms with Gasteiger partial charge in [0, 0.05) is 31.1 Å². The lowest BCUT2D eigenvalue weighted by molar-refractivity contribution is 0.100. The van der Waals surface area contributed by atoms with E-state index in [2.05, 4.69) is 23.2 Å². The number of nitrogen functional groups attached to an aromatic ring is 1. The predicted octanol–water partition coefficient (Wildman–Crippen LogP) is 3.59. The third-order valence-corrected chi connectivity index (χ3v) is 7.82. The Bertz CT molecular complexity index is 1240. The smallest absolute Gasteiger partial charge is 0.260 e. The van der Waals surface area contributed by atoms with Crippen LogP contribution in [0.15, 0.2) is 24.3 Å². The molecule has 9 nitrogen and oxygen atoms in total. The number of anilines is 2. The van der Waals surface area contributed by atoms with Gasteiger partial charge in [0.05, 0.1) is 11.8 Å². The first kappa shape index (κ1) is 26.0. The van der Waals surface area contributed by atoms with Crippen LogP contribution in [0.2, 0.25) is 0 Å². The molecule has 194 valence electrons. The van der Waals surface area contributed by atoms with Gasteiger partial charge in [-0.05, 0) is 48.6 Å². The lowest BCUT2D eigenvalue weighted by atomic mass is 10.0. The van der Waals surface area contributed by atoms with Gasteiger partial charge in [-0.2, -0.15) is 0 Å². The van der Waals surface area contributed by atoms with Gasteiger partial charge in [0.1, 0.15) is 15.5 Å². The minimum atomic E-state index is -0.619. The van der Waals surface area contributed by atoms with E-state index in [1.165, 1.54) is 11.3 Å². The molecule has 1 fully saturated rings. The maximum Gasteiger partial charge on any atom is 0.260 e. The van der Waals surface area contributed by atoms with Crippen LogP contribution in [0.4, 0.5) is 11.5 Å². The number of piperidine rings is 1. The number of nitrogens with two attached hydrogens (primary N) is 2. The molecule has 2 aromatic heterocycles. The number of aromatic nitrogens is 1. The molecule has 1 unspecified atom stereocenters. The molecule has 1 amide bonds. The van der Waals surface area contributed by atoms with Crippen molar-refractivity contribution in [2.45, 2.75) is 52.2 Å². The summed E-state index contributed by atoms with van der Waals surface area (Å²) < 4.78 is 10.8. The van der Waals surface area contributed by atoms with Crippen LogP contribution in [0.3, 0.4) is 0 Å². The first-order valence-corrected chi connectivity index (χ1v) is 12.8. The van der Waals surface area contributed by atoms with E-state index in [4.69, 9.17) is 25.9 Å². The highest BCUT2D eigenvalue weighted by molar-refractivity contribution is 7.21. The van der Waals surface area contributed by atoms with Gasteiger partial charge in [0.2, 0.25) is 6.79 Å². The van der Waals surface area contributed by atoms with E-state index in [0.717, 1.165) is 65.9 Å². The molecule has 4 heterocycles. The number of carbonyl (C=O) groups excluding carboxylic acids is 1. The molecule has 1 saturated heterocycles. The molecular formula is C26H35N5O4S. The Balaban J connectivity index is 0.00000304. The zero-order valence-corrected chi connectivity index (χ0v) is 20.6. The molecule has 1 aromatic carbocycles. The average Bonchev–Trinajstić information content (AvgIpc) is 3.47. The highest BCUT2D eigenvalue weighted by atomic mass is 32.1. The quantitative estimate of drug-likeness (QED) is 0.359. The number of benzene rings is 1. The Morgan fingerprint density at radius 1 is 1.28 bits per heavy atom. The van der Waals surface area contributed by atoms with E-state index >= 15 is 0 Å². The molecule has 1 atom stereocenters. The maximum atomic E-state index is 11.8. The van der Waals surface area contributed by atoms with Crippen LogP contribution in [0.1, 0.15) is 60.5 Å². The summed E-state index contributed by atoms with van der Waals surface area (Å²) in [5, 5.41) is 15.0. The van der Waals surface area contributed by atoms with Crippen molar-refractivity contribution in [3.63, 3.8) is 0 Å². The molecule has 10 heteroatoms. The van der Waals surface area contributed by atoms with E-state index in [1.807, 2.05) is 18.2 Å². The zero-order chi connectivity index (χ0) is 24.5. The molecule has 0 bridgehead atoms. The second kappa shape index (κ2) is 10.9. The number of pyridine rings is 1. The van der Waals surface area contributed by atoms with Gasteiger partial charge < -0.3 is 36.3 Å². The molecular weight excluding hydrogens is 478 g/mol. The standard InChI is InChI=1S/C25H31N5O4S.CH4/c1-2-3-15-11-20(29-25-21(15)22(26)23(35-25)24(27)32)30-8-6-16(7-9-30)28-12-17(31)14-4-5-18-19(10-14)34-13-33-18;/h4-5,10-11,16-17,28,31H,2-3,6-9,12-13,26H2,1H3,(H2,27,32);1H4. The number of primary amides is 1. The third-order valence-electron chi connectivity index (χ3n) is 6.71. The van der Waals surface area contributed by atoms with Crippen LogP contribution in [0.5, 0.6) is 11.5 Å². The molecule has 36 heavy (non-hydrogen) atoms. The summed E-state index contributed by atoms with van der Waals surface area (Å²) in [6.45, 7) is 4.52. The van der Waals surface area contributed by atoms with Crippen molar-refractivity contribution in [3.05, 3.63) is 40.3 Å². The molecule has 3 aromatic rings. The average molecular weight is 514 g/mol. The third kappa shape index (κ3) is 5.07. The van der Waals surface area contributed by atoms with Crippen LogP contribution in [-0.2, 0) is 6.42 Å². The number of hydrogen-bond acceptors (Lipinski definition) is 9. The number of fused-ring (bicyclic) bond motifs is 2. The van der Waals surface area contributed by atoms with E-state index in [-0.39, 0.29) is 14.2 Å². The van der Waals surface area contributed by atoms with E-state index in [9.17, 15) is 9.90 Å². The summed E-state index contributed by atoms with van der Waals surface area (Å²) in [5.41, 5.74) is 14.2. The molecule has 5 rings (SSSR count). The second-order valence-electron chi connectivity index (χ2n) is 9.08. The summed E-state index contributed by atoms with van der Waals surface area (Å²) in [7, 11) is 0. The molecule has 0 spiro atoms. The van der Waals surface area contributed by atoms with Gasteiger partial charge >= 0.3 is 0 Å². The Hall–Kier alpha value is -3.08. The van der Waals surface area contributed by atoms with Gasteiger partial charge in [0.25, 0.3) is 5.91 Å². The fourth-order valence-corrected chi connectivity index (χ4v) is 5.81. The van der Waals surface area contributed by atoms with Crippen molar-refractivity contribution < 1.29 is 19.4 Å². The lowest BCUT2D eigenvalue weighted by Gasteiger charge is -2.34. The van der Waals surface area contributed by atoms with Crippen LogP contribution in [0.25, 0.3) is 10.2 Å². The van der Waals surface area contributed by atoms with Gasteiger partial charge in [-0.25, -0.2) is 4.98 Å². The number of aliphatic hydroxyl groups is 1. The van der Waals surface area contributed by atoms with Crippen molar-refractivity contribution in [1.29, 1.82) is 0 Å². The normalized spacial score (nSPS) is 16.2. The number of aryl methyl sites for hydroxylation is 1. The van der Waals surface area contributed by atoms with Crippen molar-refractivity contribution in [2.75, 3.05) is 37.1 Å². The number of thiophene rings is 1. The molecule has 2 aliphatic heterocycles. The molecule has 2 aliphatic rings. The SMILES string of the molecule is C.CCCc1cc(N2CCC(NCC(O)c3ccc4c(c3)OCO4)CC2)nc2sc(C(N)=O)c(N)c12. The topological polar surface area (TPSA) is 136 Å². The fraction of sp³-hybridized carbons (Fsp3) is 0.462. The first-order chi connectivity index (χ1) is 16.9. The Kier molecular flexibility index (Phi) is 7.87. The molecule has 0 saturated carbocycles. The monoisotopic (exact) mass is 513 g/mol. The number of ether oxygens (including phenoxy) is 2. The molecule has 0 radical (unpaired) electrons. The minimum Gasteiger partial charge on any atom is -0.454 e. The summed E-state index contributed by atoms with van der Waals surface area (Å²) in [6, 6.07) is 7.97. The predicted molar refractivity (Wildman–Crippen MR) is 144 cm³/mol. The van der Waals surface area contributed by atoms with Crippen LogP contribution in [0, 0.1) is 0 Å². The molecule has 0 aliphatic carbocycles. The van der Waals surface area contributed by atoms with Crippen LogP contribution < -0.4 is 31.2 Å². The Morgan fingerprint density at radius 3 is 2.75 bits per heavy atom. The van der Waals surface area contributed by atoms with Crippen molar-refractivity contribution in [3.8, 4) is 11.5 Å². The van der Waals surface area contributed by atoms with E-state index in [1.54, 1.807) is 0 Å². The number of aliphatic hydroxyl groups excluding tert-OH is 1. The Labute approximate surface area is 215 Å². The van der Waals surface area contributed by atoms with Gasteiger partial charge in [0.15, 0.2) is 11.5 Å². The van der Waals surface area contributed by atoms with Gasteiger partial charge in [-0.15, -0.1) is 11.3 Å². The zero-order valence-electron chi connectivity index (χ0n) is 19.8. The van der Waals surface area contributed by atoms with E-state index in [0.29, 0.717) is 34.7 Å². The number of carbonyl (C=O) groups is 1. The van der Waals surface area contributed by atoms with Crippen molar-refractivity contribution >= 4 is 39.0 Å². The number of amides is 1. The minimum absolute atomic E-state index is 0. The van der Waals surface area contributed by atoms with Crippen molar-refractivity contribution in [2.24, 2.45) is 5.73 Å². The summed E-state index contributed by atoms with van der Waals surface area (Å²) in [6.07, 6.45) is 3.09. The highest BCUT2D eigenvalue weighted by Gasteiger charge is 2.24. The largest absolute Gasteiger partial charge is 0.454 e. The van der Waals surface area contributed by atoms with Crippen LogP contribution in [-0.4, -0.2) is 48.5 Å². The number of hydrogen-bond donors (Lipinski definition) is 4. The highest BCUT2D eigenvalue weighted by Crippen LogP contribution is 2.38. The van der Waals surface area contributed by atoms with Gasteiger partial charge in [-0.1, -0.05) is 26.8 Å². The summed E-state index contributed by atoms with van der Waals surface area (Å²) in [5.74, 6) is 1.80. The van der Waals surface area contributed by atoms with Crippen LogP contribution >= 0.6 is 11.3 Å². The van der Waals surface area contributed by atoms with Gasteiger partial charge in [-0.3, -0.25) is 4.79 Å². The second-order valence-corrected chi connectivity index (χ2v) is 10.1. The number of nitrogens with one attached hydrogen (secondary N) is 1. The number of rotatable bonds is 8. The lowest BCUT2D eigenvalue weighted by Crippen LogP contribution is -2.44. The fourth-order valence-electron chi connectivity index (χ4n) is 4.83. The number of nitrogens with zero attached hydrogens (tertiary/aromatic N) is 2. The first-order valence-electron chi connectivity index (χ1n) is 12.0.